The Balaban J connectivity index is 1.62. The highest BCUT2D eigenvalue weighted by Gasteiger charge is 2.37. The van der Waals surface area contributed by atoms with Crippen LogP contribution < -0.4 is 10.2 Å². The summed E-state index contributed by atoms with van der Waals surface area (Å²) in [6.45, 7) is 8.58. The maximum Gasteiger partial charge on any atom is 0.419 e. The third-order valence-corrected chi connectivity index (χ3v) is 5.95. The number of pyridine rings is 1. The number of rotatable bonds is 6. The maximum atomic E-state index is 13.4. The standard InChI is InChI=1S/C21H31F3N4O2/c1-15(2)18(27-9-11-30-12-10-27)13-26-20(29)16-5-4-8-28(14-16)19-17(21(22,23)24)6-3-7-25-19/h3,6-7,15-16,18H,4-5,8-14H2,1-2H3,(H,26,29). The number of hydrogen-bond donors (Lipinski definition) is 1. The van der Waals surface area contributed by atoms with Crippen LogP contribution in [0.3, 0.4) is 0 Å². The molecule has 168 valence electrons. The third kappa shape index (κ3) is 5.63. The van der Waals surface area contributed by atoms with E-state index in [-0.39, 0.29) is 30.2 Å². The predicted octanol–water partition coefficient (Wildman–Crippen LogP) is 2.79. The summed E-state index contributed by atoms with van der Waals surface area (Å²) in [5.41, 5.74) is -0.752. The number of ether oxygens (including phenoxy) is 1. The molecular formula is C21H31F3N4O2. The summed E-state index contributed by atoms with van der Waals surface area (Å²) in [7, 11) is 0. The number of nitrogens with zero attached hydrogens (tertiary/aromatic N) is 3. The van der Waals surface area contributed by atoms with Crippen LogP contribution in [0, 0.1) is 11.8 Å². The molecule has 2 aliphatic rings. The molecule has 1 amide bonds. The first-order valence-electron chi connectivity index (χ1n) is 10.6. The van der Waals surface area contributed by atoms with E-state index in [0.717, 1.165) is 19.2 Å². The fourth-order valence-electron chi connectivity index (χ4n) is 4.30. The number of piperidine rings is 1. The number of alkyl halides is 3. The van der Waals surface area contributed by atoms with Gasteiger partial charge in [0.1, 0.15) is 5.82 Å². The smallest absolute Gasteiger partial charge is 0.379 e. The van der Waals surface area contributed by atoms with Crippen molar-refractivity contribution in [3.63, 3.8) is 0 Å². The van der Waals surface area contributed by atoms with Crippen molar-refractivity contribution >= 4 is 11.7 Å². The zero-order chi connectivity index (χ0) is 21.7. The lowest BCUT2D eigenvalue weighted by molar-refractivity contribution is -0.137. The van der Waals surface area contributed by atoms with Gasteiger partial charge in [0.25, 0.3) is 0 Å². The van der Waals surface area contributed by atoms with Crippen molar-refractivity contribution in [2.75, 3.05) is 50.8 Å². The number of nitrogens with one attached hydrogen (secondary N) is 1. The van der Waals surface area contributed by atoms with E-state index in [4.69, 9.17) is 4.74 Å². The van der Waals surface area contributed by atoms with Gasteiger partial charge in [-0.25, -0.2) is 4.98 Å². The summed E-state index contributed by atoms with van der Waals surface area (Å²) in [6, 6.07) is 2.55. The van der Waals surface area contributed by atoms with Gasteiger partial charge < -0.3 is 15.0 Å². The van der Waals surface area contributed by atoms with Gasteiger partial charge in [-0.1, -0.05) is 13.8 Å². The summed E-state index contributed by atoms with van der Waals surface area (Å²) in [6.07, 6.45) is -1.78. The van der Waals surface area contributed by atoms with Crippen LogP contribution in [0.4, 0.5) is 19.0 Å². The normalized spacial score (nSPS) is 22.2. The number of aromatic nitrogens is 1. The first-order chi connectivity index (χ1) is 14.3. The monoisotopic (exact) mass is 428 g/mol. The molecule has 2 atom stereocenters. The molecule has 0 spiro atoms. The Morgan fingerprint density at radius 1 is 1.30 bits per heavy atom. The second kappa shape index (κ2) is 9.96. The van der Waals surface area contributed by atoms with Crippen molar-refractivity contribution in [1.82, 2.24) is 15.2 Å². The van der Waals surface area contributed by atoms with Crippen LogP contribution in [0.1, 0.15) is 32.3 Å². The summed E-state index contributed by atoms with van der Waals surface area (Å²) >= 11 is 0. The first kappa shape index (κ1) is 22.8. The Kier molecular flexibility index (Phi) is 7.57. The Hall–Kier alpha value is -1.87. The highest BCUT2D eigenvalue weighted by Crippen LogP contribution is 2.36. The van der Waals surface area contributed by atoms with Crippen molar-refractivity contribution in [2.45, 2.75) is 38.9 Å². The fraction of sp³-hybridized carbons (Fsp3) is 0.714. The van der Waals surface area contributed by atoms with Gasteiger partial charge in [-0.05, 0) is 30.9 Å². The number of hydrogen-bond acceptors (Lipinski definition) is 5. The van der Waals surface area contributed by atoms with Crippen LogP contribution in [0.25, 0.3) is 0 Å². The average molecular weight is 428 g/mol. The van der Waals surface area contributed by atoms with Gasteiger partial charge in [-0.2, -0.15) is 13.2 Å². The highest BCUT2D eigenvalue weighted by molar-refractivity contribution is 5.79. The molecule has 3 rings (SSSR count). The minimum atomic E-state index is -4.47. The van der Waals surface area contributed by atoms with E-state index in [1.54, 1.807) is 4.90 Å². The van der Waals surface area contributed by atoms with Crippen LogP contribution in [0.5, 0.6) is 0 Å². The van der Waals surface area contributed by atoms with E-state index in [1.165, 1.54) is 12.3 Å². The first-order valence-corrected chi connectivity index (χ1v) is 10.6. The molecule has 0 bridgehead atoms. The predicted molar refractivity (Wildman–Crippen MR) is 108 cm³/mol. The molecule has 2 unspecified atom stereocenters. The van der Waals surface area contributed by atoms with Crippen molar-refractivity contribution in [2.24, 2.45) is 11.8 Å². The van der Waals surface area contributed by atoms with Gasteiger partial charge >= 0.3 is 6.18 Å². The Morgan fingerprint density at radius 3 is 2.70 bits per heavy atom. The van der Waals surface area contributed by atoms with Crippen LogP contribution in [-0.2, 0) is 15.7 Å². The molecule has 2 aliphatic heterocycles. The molecule has 1 N–H and O–H groups in total. The minimum Gasteiger partial charge on any atom is -0.379 e. The van der Waals surface area contributed by atoms with Crippen LogP contribution in [-0.4, -0.2) is 67.8 Å². The third-order valence-electron chi connectivity index (χ3n) is 5.95. The van der Waals surface area contributed by atoms with Crippen molar-refractivity contribution < 1.29 is 22.7 Å². The van der Waals surface area contributed by atoms with Crippen molar-refractivity contribution in [1.29, 1.82) is 0 Å². The van der Waals surface area contributed by atoms with Gasteiger partial charge in [0.2, 0.25) is 5.91 Å². The lowest BCUT2D eigenvalue weighted by Crippen LogP contribution is -2.52. The minimum absolute atomic E-state index is 0.0872. The molecule has 2 fully saturated rings. The number of carbonyl (C=O) groups is 1. The molecule has 0 radical (unpaired) electrons. The topological polar surface area (TPSA) is 57.7 Å². The van der Waals surface area contributed by atoms with Gasteiger partial charge in [-0.15, -0.1) is 0 Å². The fourth-order valence-corrected chi connectivity index (χ4v) is 4.30. The molecule has 6 nitrogen and oxygen atoms in total. The van der Waals surface area contributed by atoms with E-state index in [0.29, 0.717) is 45.1 Å². The van der Waals surface area contributed by atoms with E-state index < -0.39 is 11.7 Å². The second-order valence-electron chi connectivity index (χ2n) is 8.36. The Bertz CT molecular complexity index is 708. The maximum absolute atomic E-state index is 13.4. The summed E-state index contributed by atoms with van der Waals surface area (Å²) in [4.78, 5) is 20.8. The molecule has 0 saturated carbocycles. The average Bonchev–Trinajstić information content (AvgIpc) is 2.74. The Labute approximate surface area is 175 Å². The van der Waals surface area contributed by atoms with Gasteiger partial charge in [0, 0.05) is 45.0 Å². The Morgan fingerprint density at radius 2 is 2.03 bits per heavy atom. The van der Waals surface area contributed by atoms with Gasteiger partial charge in [0.15, 0.2) is 0 Å². The number of halogens is 3. The number of morpholine rings is 1. The number of amides is 1. The second-order valence-corrected chi connectivity index (χ2v) is 8.36. The van der Waals surface area contributed by atoms with E-state index in [2.05, 4.69) is 29.0 Å². The molecule has 1 aromatic heterocycles. The zero-order valence-corrected chi connectivity index (χ0v) is 17.6. The van der Waals surface area contributed by atoms with Crippen LogP contribution >= 0.6 is 0 Å². The van der Waals surface area contributed by atoms with E-state index >= 15 is 0 Å². The van der Waals surface area contributed by atoms with Crippen LogP contribution in [0.15, 0.2) is 18.3 Å². The molecule has 1 aromatic rings. The van der Waals surface area contributed by atoms with Crippen LogP contribution in [0.2, 0.25) is 0 Å². The largest absolute Gasteiger partial charge is 0.419 e. The lowest BCUT2D eigenvalue weighted by atomic mass is 9.96. The summed E-state index contributed by atoms with van der Waals surface area (Å²) in [5, 5.41) is 3.06. The SMILES string of the molecule is CC(C)C(CNC(=O)C1CCCN(c2ncccc2C(F)(F)F)C1)N1CCOCC1. The van der Waals surface area contributed by atoms with Crippen molar-refractivity contribution in [3.05, 3.63) is 23.9 Å². The quantitative estimate of drug-likeness (QED) is 0.755. The summed E-state index contributed by atoms with van der Waals surface area (Å²) < 4.78 is 45.5. The molecule has 0 aliphatic carbocycles. The molecule has 30 heavy (non-hydrogen) atoms. The lowest BCUT2D eigenvalue weighted by Gasteiger charge is -2.38. The molecule has 2 saturated heterocycles. The summed E-state index contributed by atoms with van der Waals surface area (Å²) in [5.74, 6) is -0.160. The van der Waals surface area contributed by atoms with E-state index in [1.807, 2.05) is 0 Å². The highest BCUT2D eigenvalue weighted by atomic mass is 19.4. The number of carbonyl (C=O) groups excluding carboxylic acids is 1. The van der Waals surface area contributed by atoms with E-state index in [9.17, 15) is 18.0 Å². The molecule has 3 heterocycles. The van der Waals surface area contributed by atoms with Crippen molar-refractivity contribution in [3.8, 4) is 0 Å². The molecule has 9 heteroatoms. The number of anilines is 1. The molecule has 0 aromatic carbocycles. The zero-order valence-electron chi connectivity index (χ0n) is 17.6. The van der Waals surface area contributed by atoms with Gasteiger partial charge in [-0.3, -0.25) is 9.69 Å². The van der Waals surface area contributed by atoms with Gasteiger partial charge in [0.05, 0.1) is 24.7 Å². The molecular weight excluding hydrogens is 397 g/mol.